The Morgan fingerprint density at radius 1 is 1.22 bits per heavy atom. The van der Waals surface area contributed by atoms with Gasteiger partial charge in [0.1, 0.15) is 5.75 Å². The second-order valence-electron chi connectivity index (χ2n) is 3.55. The van der Waals surface area contributed by atoms with Crippen LogP contribution in [0.4, 0.5) is 0 Å². The zero-order chi connectivity index (χ0) is 12.8. The quantitative estimate of drug-likeness (QED) is 0.797. The summed E-state index contributed by atoms with van der Waals surface area (Å²) in [4.78, 5) is 19.5. The van der Waals surface area contributed by atoms with Crippen LogP contribution in [0.15, 0.2) is 47.2 Å². The molecular weight excluding hydrogens is 296 g/mol. The van der Waals surface area contributed by atoms with Crippen molar-refractivity contribution in [2.45, 2.75) is 6.42 Å². The van der Waals surface area contributed by atoms with Gasteiger partial charge >= 0.3 is 0 Å². The van der Waals surface area contributed by atoms with E-state index in [2.05, 4.69) is 25.9 Å². The SMILES string of the molecule is O=C(CCOc1cccc(Br)c1)c1ncccn1. The van der Waals surface area contributed by atoms with Crippen LogP contribution in [-0.4, -0.2) is 22.4 Å². The van der Waals surface area contributed by atoms with Gasteiger partial charge in [0.15, 0.2) is 5.82 Å². The van der Waals surface area contributed by atoms with Crippen molar-refractivity contribution in [3.63, 3.8) is 0 Å². The highest BCUT2D eigenvalue weighted by Crippen LogP contribution is 2.17. The van der Waals surface area contributed by atoms with E-state index in [1.807, 2.05) is 24.3 Å². The fourth-order valence-corrected chi connectivity index (χ4v) is 1.75. The van der Waals surface area contributed by atoms with Crippen LogP contribution in [0, 0.1) is 0 Å². The summed E-state index contributed by atoms with van der Waals surface area (Å²) in [6, 6.07) is 9.16. The van der Waals surface area contributed by atoms with E-state index < -0.39 is 0 Å². The molecule has 5 heteroatoms. The van der Waals surface area contributed by atoms with Gasteiger partial charge in [-0.05, 0) is 24.3 Å². The van der Waals surface area contributed by atoms with Crippen molar-refractivity contribution in [3.05, 3.63) is 53.0 Å². The molecule has 18 heavy (non-hydrogen) atoms. The first-order valence-electron chi connectivity index (χ1n) is 5.44. The molecule has 0 N–H and O–H groups in total. The molecule has 1 aromatic heterocycles. The first kappa shape index (κ1) is 12.7. The van der Waals surface area contributed by atoms with Gasteiger partial charge in [-0.25, -0.2) is 9.97 Å². The maximum absolute atomic E-state index is 11.7. The van der Waals surface area contributed by atoms with Crippen molar-refractivity contribution in [3.8, 4) is 5.75 Å². The van der Waals surface area contributed by atoms with E-state index in [0.717, 1.165) is 10.2 Å². The van der Waals surface area contributed by atoms with Crippen LogP contribution in [0.3, 0.4) is 0 Å². The van der Waals surface area contributed by atoms with Gasteiger partial charge < -0.3 is 4.74 Å². The number of carbonyl (C=O) groups is 1. The number of halogens is 1. The topological polar surface area (TPSA) is 52.1 Å². The summed E-state index contributed by atoms with van der Waals surface area (Å²) < 4.78 is 6.41. The van der Waals surface area contributed by atoms with Crippen molar-refractivity contribution in [1.29, 1.82) is 0 Å². The van der Waals surface area contributed by atoms with E-state index in [0.29, 0.717) is 6.61 Å². The number of Topliss-reactive ketones (excluding diaryl/α,β-unsaturated/α-hetero) is 1. The van der Waals surface area contributed by atoms with E-state index in [1.165, 1.54) is 0 Å². The molecule has 0 amide bonds. The molecule has 2 aromatic rings. The molecular formula is C13H11BrN2O2. The molecule has 2 rings (SSSR count). The maximum Gasteiger partial charge on any atom is 0.203 e. The summed E-state index contributed by atoms with van der Waals surface area (Å²) in [6.45, 7) is 0.313. The zero-order valence-electron chi connectivity index (χ0n) is 9.54. The van der Waals surface area contributed by atoms with Crippen LogP contribution >= 0.6 is 15.9 Å². The van der Waals surface area contributed by atoms with E-state index in [4.69, 9.17) is 4.74 Å². The van der Waals surface area contributed by atoms with Gasteiger partial charge in [0.2, 0.25) is 5.78 Å². The molecule has 0 saturated heterocycles. The highest BCUT2D eigenvalue weighted by molar-refractivity contribution is 9.10. The highest BCUT2D eigenvalue weighted by Gasteiger charge is 2.08. The second-order valence-corrected chi connectivity index (χ2v) is 4.47. The molecule has 0 spiro atoms. The van der Waals surface area contributed by atoms with Gasteiger partial charge in [0.25, 0.3) is 0 Å². The lowest BCUT2D eigenvalue weighted by atomic mass is 10.3. The van der Waals surface area contributed by atoms with E-state index in [1.54, 1.807) is 18.5 Å². The minimum atomic E-state index is -0.120. The van der Waals surface area contributed by atoms with Crippen LogP contribution < -0.4 is 4.74 Å². The fourth-order valence-electron chi connectivity index (χ4n) is 1.37. The molecule has 0 unspecified atom stereocenters. The minimum Gasteiger partial charge on any atom is -0.493 e. The summed E-state index contributed by atoms with van der Waals surface area (Å²) in [5.41, 5.74) is 0. The number of hydrogen-bond acceptors (Lipinski definition) is 4. The molecule has 0 aliphatic rings. The summed E-state index contributed by atoms with van der Waals surface area (Å²) in [5, 5.41) is 0. The fraction of sp³-hybridized carbons (Fsp3) is 0.154. The molecule has 0 fully saturated rings. The highest BCUT2D eigenvalue weighted by atomic mass is 79.9. The largest absolute Gasteiger partial charge is 0.493 e. The normalized spacial score (nSPS) is 10.1. The number of ether oxygens (including phenoxy) is 1. The Hall–Kier alpha value is -1.75. The second kappa shape index (κ2) is 6.26. The summed E-state index contributed by atoms with van der Waals surface area (Å²) in [6.07, 6.45) is 3.36. The van der Waals surface area contributed by atoms with Gasteiger partial charge in [-0.3, -0.25) is 4.79 Å². The van der Waals surface area contributed by atoms with Gasteiger partial charge in [-0.1, -0.05) is 22.0 Å². The molecule has 4 nitrogen and oxygen atoms in total. The zero-order valence-corrected chi connectivity index (χ0v) is 11.1. The number of ketones is 1. The van der Waals surface area contributed by atoms with Crippen LogP contribution in [0.1, 0.15) is 17.0 Å². The van der Waals surface area contributed by atoms with Crippen molar-refractivity contribution in [2.75, 3.05) is 6.61 Å². The minimum absolute atomic E-state index is 0.120. The smallest absolute Gasteiger partial charge is 0.203 e. The number of rotatable bonds is 5. The van der Waals surface area contributed by atoms with Gasteiger partial charge in [-0.2, -0.15) is 0 Å². The van der Waals surface area contributed by atoms with E-state index in [-0.39, 0.29) is 18.0 Å². The van der Waals surface area contributed by atoms with Crippen LogP contribution in [-0.2, 0) is 0 Å². The molecule has 0 aliphatic carbocycles. The van der Waals surface area contributed by atoms with E-state index in [9.17, 15) is 4.79 Å². The van der Waals surface area contributed by atoms with Crippen molar-refractivity contribution >= 4 is 21.7 Å². The first-order valence-corrected chi connectivity index (χ1v) is 6.23. The Morgan fingerprint density at radius 3 is 2.72 bits per heavy atom. The molecule has 1 aromatic carbocycles. The van der Waals surface area contributed by atoms with E-state index >= 15 is 0 Å². The number of benzene rings is 1. The Balaban J connectivity index is 1.84. The average Bonchev–Trinajstić information content (AvgIpc) is 2.40. The number of hydrogen-bond donors (Lipinski definition) is 0. The average molecular weight is 307 g/mol. The maximum atomic E-state index is 11.7. The predicted molar refractivity (Wildman–Crippen MR) is 70.6 cm³/mol. The Bertz CT molecular complexity index is 532. The van der Waals surface area contributed by atoms with Gasteiger partial charge in [0.05, 0.1) is 6.61 Å². The lowest BCUT2D eigenvalue weighted by molar-refractivity contribution is 0.0952. The third kappa shape index (κ3) is 3.63. The summed E-state index contributed by atoms with van der Waals surface area (Å²) in [7, 11) is 0. The molecule has 0 radical (unpaired) electrons. The Morgan fingerprint density at radius 2 is 2.00 bits per heavy atom. The standard InChI is InChI=1S/C13H11BrN2O2/c14-10-3-1-4-11(9-10)18-8-5-12(17)13-15-6-2-7-16-13/h1-4,6-7,9H,5,8H2. The molecule has 0 aliphatic heterocycles. The third-order valence-electron chi connectivity index (χ3n) is 2.21. The molecule has 0 saturated carbocycles. The summed E-state index contributed by atoms with van der Waals surface area (Å²) >= 11 is 3.35. The molecule has 0 atom stereocenters. The number of carbonyl (C=O) groups excluding carboxylic acids is 1. The van der Waals surface area contributed by atoms with Crippen molar-refractivity contribution in [1.82, 2.24) is 9.97 Å². The number of aromatic nitrogens is 2. The van der Waals surface area contributed by atoms with Gasteiger partial charge in [0, 0.05) is 23.3 Å². The third-order valence-corrected chi connectivity index (χ3v) is 2.70. The molecule has 92 valence electrons. The summed E-state index contributed by atoms with van der Waals surface area (Å²) in [5.74, 6) is 0.840. The lowest BCUT2D eigenvalue weighted by Crippen LogP contribution is -2.09. The lowest BCUT2D eigenvalue weighted by Gasteiger charge is -2.05. The van der Waals surface area contributed by atoms with Gasteiger partial charge in [-0.15, -0.1) is 0 Å². The van der Waals surface area contributed by atoms with Crippen molar-refractivity contribution < 1.29 is 9.53 Å². The monoisotopic (exact) mass is 306 g/mol. The van der Waals surface area contributed by atoms with Crippen molar-refractivity contribution in [2.24, 2.45) is 0 Å². The Labute approximate surface area is 113 Å². The molecule has 1 heterocycles. The van der Waals surface area contributed by atoms with Crippen LogP contribution in [0.25, 0.3) is 0 Å². The van der Waals surface area contributed by atoms with Crippen LogP contribution in [0.5, 0.6) is 5.75 Å². The first-order chi connectivity index (χ1) is 8.75. The number of nitrogens with zero attached hydrogens (tertiary/aromatic N) is 2. The van der Waals surface area contributed by atoms with Crippen LogP contribution in [0.2, 0.25) is 0 Å². The molecule has 0 bridgehead atoms. The Kier molecular flexibility index (Phi) is 4.41. The predicted octanol–water partition coefficient (Wildman–Crippen LogP) is 2.89.